The fourth-order valence-electron chi connectivity index (χ4n) is 2.97. The number of aromatic nitrogens is 3. The van der Waals surface area contributed by atoms with Gasteiger partial charge in [0.15, 0.2) is 4.77 Å². The lowest BCUT2D eigenvalue weighted by Gasteiger charge is -2.12. The minimum atomic E-state index is 0.619. The van der Waals surface area contributed by atoms with Crippen LogP contribution in [0.1, 0.15) is 31.0 Å². The molecule has 1 aromatic rings. The Morgan fingerprint density at radius 1 is 1.44 bits per heavy atom. The summed E-state index contributed by atoms with van der Waals surface area (Å²) >= 11 is 5.25. The summed E-state index contributed by atoms with van der Waals surface area (Å²) in [6.45, 7) is 1.51. The van der Waals surface area contributed by atoms with Gasteiger partial charge in [0.2, 0.25) is 0 Å². The summed E-state index contributed by atoms with van der Waals surface area (Å²) in [7, 11) is 1.72. The molecule has 2 aliphatic carbocycles. The van der Waals surface area contributed by atoms with Gasteiger partial charge in [-0.25, -0.2) is 0 Å². The molecule has 0 saturated heterocycles. The Kier molecular flexibility index (Phi) is 2.59. The number of fused-ring (bicyclic) bond motifs is 1. The van der Waals surface area contributed by atoms with E-state index in [9.17, 15) is 0 Å². The van der Waals surface area contributed by atoms with Crippen molar-refractivity contribution < 1.29 is 4.74 Å². The molecule has 2 saturated carbocycles. The zero-order chi connectivity index (χ0) is 11.1. The molecule has 0 radical (unpaired) electrons. The summed E-state index contributed by atoms with van der Waals surface area (Å²) in [4.78, 5) is 0. The number of nitrogens with zero attached hydrogens (tertiary/aromatic N) is 2. The third kappa shape index (κ3) is 1.72. The van der Waals surface area contributed by atoms with Crippen molar-refractivity contribution in [2.75, 3.05) is 13.7 Å². The number of hydrogen-bond donors (Lipinski definition) is 1. The lowest BCUT2D eigenvalue weighted by Crippen LogP contribution is -2.11. The van der Waals surface area contributed by atoms with Gasteiger partial charge in [-0.15, -0.1) is 0 Å². The number of ether oxygens (including phenoxy) is 1. The van der Waals surface area contributed by atoms with E-state index in [-0.39, 0.29) is 0 Å². The second-order valence-corrected chi connectivity index (χ2v) is 5.34. The van der Waals surface area contributed by atoms with Crippen molar-refractivity contribution in [1.82, 2.24) is 14.8 Å². The molecule has 2 fully saturated rings. The SMILES string of the molecule is COCCn1c(C2CC3CC3C2)n[nH]c1=S. The molecule has 2 atom stereocenters. The van der Waals surface area contributed by atoms with E-state index < -0.39 is 0 Å². The summed E-state index contributed by atoms with van der Waals surface area (Å²) in [6, 6.07) is 0. The highest BCUT2D eigenvalue weighted by molar-refractivity contribution is 7.71. The van der Waals surface area contributed by atoms with E-state index in [1.165, 1.54) is 19.3 Å². The standard InChI is InChI=1S/C11H17N3OS/c1-15-3-2-14-10(12-13-11(14)16)9-5-7-4-8(7)6-9/h7-9H,2-6H2,1H3,(H,13,16). The third-order valence-corrected chi connectivity index (χ3v) is 4.23. The summed E-state index contributed by atoms with van der Waals surface area (Å²) in [5, 5.41) is 7.31. The molecule has 1 aromatic heterocycles. The molecule has 3 rings (SSSR count). The first kappa shape index (κ1) is 10.5. The molecule has 5 heteroatoms. The van der Waals surface area contributed by atoms with Crippen LogP contribution in [0.2, 0.25) is 0 Å². The highest BCUT2D eigenvalue weighted by atomic mass is 32.1. The van der Waals surface area contributed by atoms with Gasteiger partial charge in [-0.05, 0) is 43.3 Å². The lowest BCUT2D eigenvalue weighted by atomic mass is 10.0. The zero-order valence-electron chi connectivity index (χ0n) is 9.48. The quantitative estimate of drug-likeness (QED) is 0.818. The molecule has 1 N–H and O–H groups in total. The third-order valence-electron chi connectivity index (χ3n) is 3.92. The molecule has 0 aliphatic heterocycles. The summed E-state index contributed by atoms with van der Waals surface area (Å²) in [6.07, 6.45) is 4.05. The van der Waals surface area contributed by atoms with Crippen LogP contribution in [0, 0.1) is 16.6 Å². The van der Waals surface area contributed by atoms with E-state index in [1.54, 1.807) is 7.11 Å². The number of aromatic amines is 1. The Labute approximate surface area is 100 Å². The maximum absolute atomic E-state index is 5.25. The topological polar surface area (TPSA) is 42.8 Å². The predicted molar refractivity (Wildman–Crippen MR) is 62.9 cm³/mol. The van der Waals surface area contributed by atoms with Gasteiger partial charge >= 0.3 is 0 Å². The maximum Gasteiger partial charge on any atom is 0.195 e. The first-order chi connectivity index (χ1) is 7.79. The van der Waals surface area contributed by atoms with Crippen molar-refractivity contribution in [2.45, 2.75) is 31.7 Å². The monoisotopic (exact) mass is 239 g/mol. The molecular formula is C11H17N3OS. The maximum atomic E-state index is 5.25. The smallest absolute Gasteiger partial charge is 0.195 e. The van der Waals surface area contributed by atoms with Gasteiger partial charge in [0.05, 0.1) is 6.61 Å². The summed E-state index contributed by atoms with van der Waals surface area (Å²) in [5.41, 5.74) is 0. The Morgan fingerprint density at radius 2 is 2.19 bits per heavy atom. The highest BCUT2D eigenvalue weighted by Crippen LogP contribution is 2.57. The molecular weight excluding hydrogens is 222 g/mol. The van der Waals surface area contributed by atoms with Crippen LogP contribution in [0.3, 0.4) is 0 Å². The lowest BCUT2D eigenvalue weighted by molar-refractivity contribution is 0.185. The number of hydrogen-bond acceptors (Lipinski definition) is 3. The van der Waals surface area contributed by atoms with Crippen molar-refractivity contribution in [1.29, 1.82) is 0 Å². The molecule has 16 heavy (non-hydrogen) atoms. The number of H-pyrrole nitrogens is 1. The minimum absolute atomic E-state index is 0.619. The van der Waals surface area contributed by atoms with Gasteiger partial charge in [0, 0.05) is 19.6 Å². The first-order valence-electron chi connectivity index (χ1n) is 5.93. The van der Waals surface area contributed by atoms with Gasteiger partial charge in [-0.2, -0.15) is 5.10 Å². The number of methoxy groups -OCH3 is 1. The van der Waals surface area contributed by atoms with Crippen molar-refractivity contribution in [3.05, 3.63) is 10.6 Å². The molecule has 0 spiro atoms. The van der Waals surface area contributed by atoms with Gasteiger partial charge < -0.3 is 9.30 Å². The molecule has 0 bridgehead atoms. The minimum Gasteiger partial charge on any atom is -0.383 e. The largest absolute Gasteiger partial charge is 0.383 e. The first-order valence-corrected chi connectivity index (χ1v) is 6.34. The average Bonchev–Trinajstić information content (AvgIpc) is 2.73. The van der Waals surface area contributed by atoms with Crippen LogP contribution in [0.25, 0.3) is 0 Å². The van der Waals surface area contributed by atoms with Crippen LogP contribution in [-0.4, -0.2) is 28.5 Å². The van der Waals surface area contributed by atoms with Crippen molar-refractivity contribution >= 4 is 12.2 Å². The molecule has 0 amide bonds. The average molecular weight is 239 g/mol. The molecule has 2 unspecified atom stereocenters. The van der Waals surface area contributed by atoms with Crippen molar-refractivity contribution in [3.63, 3.8) is 0 Å². The second-order valence-electron chi connectivity index (χ2n) is 4.96. The molecule has 2 aliphatic rings. The number of nitrogens with one attached hydrogen (secondary N) is 1. The van der Waals surface area contributed by atoms with Crippen molar-refractivity contribution in [2.24, 2.45) is 11.8 Å². The van der Waals surface area contributed by atoms with E-state index in [4.69, 9.17) is 17.0 Å². The van der Waals surface area contributed by atoms with Gasteiger partial charge in [0.1, 0.15) is 5.82 Å². The second kappa shape index (κ2) is 3.96. The van der Waals surface area contributed by atoms with Gasteiger partial charge in [0.25, 0.3) is 0 Å². The Hall–Kier alpha value is -0.680. The van der Waals surface area contributed by atoms with Crippen LogP contribution in [0.15, 0.2) is 0 Å². The zero-order valence-corrected chi connectivity index (χ0v) is 10.3. The van der Waals surface area contributed by atoms with Crippen LogP contribution in [0.4, 0.5) is 0 Å². The van der Waals surface area contributed by atoms with Crippen molar-refractivity contribution in [3.8, 4) is 0 Å². The Morgan fingerprint density at radius 3 is 2.88 bits per heavy atom. The van der Waals surface area contributed by atoms with E-state index in [2.05, 4.69) is 14.8 Å². The summed E-state index contributed by atoms with van der Waals surface area (Å²) in [5.74, 6) is 3.72. The van der Waals surface area contributed by atoms with Crippen LogP contribution >= 0.6 is 12.2 Å². The fraction of sp³-hybridized carbons (Fsp3) is 0.818. The fourth-order valence-corrected chi connectivity index (χ4v) is 3.20. The van der Waals surface area contributed by atoms with E-state index >= 15 is 0 Å². The molecule has 1 heterocycles. The van der Waals surface area contributed by atoms with Gasteiger partial charge in [-0.3, -0.25) is 5.10 Å². The van der Waals surface area contributed by atoms with E-state index in [0.717, 1.165) is 29.0 Å². The normalized spacial score (nSPS) is 31.7. The van der Waals surface area contributed by atoms with Crippen LogP contribution in [0.5, 0.6) is 0 Å². The van der Waals surface area contributed by atoms with E-state index in [0.29, 0.717) is 12.5 Å². The highest BCUT2D eigenvalue weighted by Gasteiger charge is 2.47. The summed E-state index contributed by atoms with van der Waals surface area (Å²) < 4.78 is 7.94. The molecule has 88 valence electrons. The number of rotatable bonds is 4. The Balaban J connectivity index is 1.80. The van der Waals surface area contributed by atoms with E-state index in [1.807, 2.05) is 0 Å². The molecule has 0 aromatic carbocycles. The van der Waals surface area contributed by atoms with Crippen LogP contribution in [-0.2, 0) is 11.3 Å². The van der Waals surface area contributed by atoms with Gasteiger partial charge in [-0.1, -0.05) is 0 Å². The van der Waals surface area contributed by atoms with Crippen LogP contribution < -0.4 is 0 Å². The predicted octanol–water partition coefficient (Wildman–Crippen LogP) is 2.10. The Bertz CT molecular complexity index is 429. The molecule has 4 nitrogen and oxygen atoms in total.